The van der Waals surface area contributed by atoms with Gasteiger partial charge in [-0.05, 0) is 38.2 Å². The van der Waals surface area contributed by atoms with Gasteiger partial charge < -0.3 is 5.32 Å². The summed E-state index contributed by atoms with van der Waals surface area (Å²) in [6, 6.07) is 0. The summed E-state index contributed by atoms with van der Waals surface area (Å²) in [5.74, 6) is -0.360. The van der Waals surface area contributed by atoms with Crippen molar-refractivity contribution in [2.75, 3.05) is 7.05 Å². The predicted molar refractivity (Wildman–Crippen MR) is 64.5 cm³/mol. The van der Waals surface area contributed by atoms with E-state index >= 15 is 0 Å². The van der Waals surface area contributed by atoms with Gasteiger partial charge in [0.2, 0.25) is 0 Å². The Morgan fingerprint density at radius 3 is 2.60 bits per heavy atom. The van der Waals surface area contributed by atoms with E-state index in [2.05, 4.69) is 16.9 Å². The Hall–Kier alpha value is -1.64. The molecule has 0 aliphatic carbocycles. The van der Waals surface area contributed by atoms with Gasteiger partial charge in [0.05, 0.1) is 0 Å². The van der Waals surface area contributed by atoms with Gasteiger partial charge in [-0.15, -0.1) is 0 Å². The SMILES string of the molecule is C=C/C(F)=C\C=C\N/C(C)=C\C(C)=NC. The van der Waals surface area contributed by atoms with Gasteiger partial charge in [0.1, 0.15) is 5.83 Å². The normalized spacial score (nSPS) is 14.5. The molecule has 0 bridgehead atoms. The van der Waals surface area contributed by atoms with Crippen molar-refractivity contribution in [1.82, 2.24) is 5.32 Å². The van der Waals surface area contributed by atoms with E-state index in [1.165, 1.54) is 6.08 Å². The molecule has 2 nitrogen and oxygen atoms in total. The molecule has 0 saturated carbocycles. The maximum atomic E-state index is 12.6. The van der Waals surface area contributed by atoms with Crippen LogP contribution in [-0.4, -0.2) is 12.8 Å². The molecule has 15 heavy (non-hydrogen) atoms. The molecule has 0 aromatic rings. The first-order chi connectivity index (χ1) is 7.10. The first-order valence-corrected chi connectivity index (χ1v) is 4.63. The van der Waals surface area contributed by atoms with Gasteiger partial charge in [0, 0.05) is 24.7 Å². The van der Waals surface area contributed by atoms with Crippen LogP contribution in [0.15, 0.2) is 53.6 Å². The quantitative estimate of drug-likeness (QED) is 0.545. The molecule has 0 radical (unpaired) electrons. The third-order valence-electron chi connectivity index (χ3n) is 1.64. The topological polar surface area (TPSA) is 24.4 Å². The standard InChI is InChI=1S/C12H17FN2/c1-5-12(13)7-6-8-15-11(3)9-10(2)14-4/h5-9,15H,1H2,2-4H3/b8-6+,11-9-,12-7+,14-10?. The number of halogens is 1. The largest absolute Gasteiger partial charge is 0.365 e. The van der Waals surface area contributed by atoms with E-state index in [0.717, 1.165) is 17.5 Å². The lowest BCUT2D eigenvalue weighted by molar-refractivity contribution is 0.667. The number of nitrogens with zero attached hydrogens (tertiary/aromatic N) is 1. The minimum absolute atomic E-state index is 0.360. The maximum absolute atomic E-state index is 12.6. The smallest absolute Gasteiger partial charge is 0.122 e. The van der Waals surface area contributed by atoms with Crippen molar-refractivity contribution in [2.24, 2.45) is 4.99 Å². The van der Waals surface area contributed by atoms with E-state index in [0.29, 0.717) is 0 Å². The van der Waals surface area contributed by atoms with Gasteiger partial charge in [-0.2, -0.15) is 0 Å². The Kier molecular flexibility index (Phi) is 6.89. The molecule has 3 heteroatoms. The number of rotatable bonds is 5. The highest BCUT2D eigenvalue weighted by atomic mass is 19.1. The van der Waals surface area contributed by atoms with E-state index < -0.39 is 0 Å². The monoisotopic (exact) mass is 208 g/mol. The molecular weight excluding hydrogens is 191 g/mol. The first-order valence-electron chi connectivity index (χ1n) is 4.63. The van der Waals surface area contributed by atoms with Crippen LogP contribution in [0.5, 0.6) is 0 Å². The Morgan fingerprint density at radius 1 is 1.40 bits per heavy atom. The Bertz CT molecular complexity index is 323. The fourth-order valence-electron chi connectivity index (χ4n) is 0.807. The van der Waals surface area contributed by atoms with Crippen LogP contribution in [0.3, 0.4) is 0 Å². The van der Waals surface area contributed by atoms with Crippen LogP contribution >= 0.6 is 0 Å². The van der Waals surface area contributed by atoms with Crippen LogP contribution in [-0.2, 0) is 0 Å². The molecule has 0 spiro atoms. The van der Waals surface area contributed by atoms with Crippen molar-refractivity contribution >= 4 is 5.71 Å². The van der Waals surface area contributed by atoms with E-state index in [-0.39, 0.29) is 5.83 Å². The van der Waals surface area contributed by atoms with Crippen molar-refractivity contribution < 1.29 is 4.39 Å². The molecule has 1 N–H and O–H groups in total. The van der Waals surface area contributed by atoms with Gasteiger partial charge in [0.15, 0.2) is 0 Å². The summed E-state index contributed by atoms with van der Waals surface area (Å²) < 4.78 is 12.6. The fraction of sp³-hybridized carbons (Fsp3) is 0.250. The summed E-state index contributed by atoms with van der Waals surface area (Å²) in [5.41, 5.74) is 1.88. The fourth-order valence-corrected chi connectivity index (χ4v) is 0.807. The molecular formula is C12H17FN2. The Labute approximate surface area is 90.6 Å². The summed E-state index contributed by atoms with van der Waals surface area (Å²) in [6.45, 7) is 7.12. The molecule has 0 rings (SSSR count). The van der Waals surface area contributed by atoms with Crippen LogP contribution in [0.2, 0.25) is 0 Å². The molecule has 0 aliphatic heterocycles. The first kappa shape index (κ1) is 13.4. The highest BCUT2D eigenvalue weighted by molar-refractivity contribution is 5.93. The summed E-state index contributed by atoms with van der Waals surface area (Å²) in [5, 5.41) is 2.98. The van der Waals surface area contributed by atoms with Crippen LogP contribution in [0.25, 0.3) is 0 Å². The maximum Gasteiger partial charge on any atom is 0.122 e. The molecule has 0 amide bonds. The van der Waals surface area contributed by atoms with Crippen molar-refractivity contribution in [3.63, 3.8) is 0 Å². The van der Waals surface area contributed by atoms with Crippen molar-refractivity contribution in [3.8, 4) is 0 Å². The lowest BCUT2D eigenvalue weighted by atomic mass is 10.3. The van der Waals surface area contributed by atoms with Gasteiger partial charge in [0.25, 0.3) is 0 Å². The molecule has 82 valence electrons. The number of aliphatic imine (C=N–C) groups is 1. The van der Waals surface area contributed by atoms with Crippen molar-refractivity contribution in [1.29, 1.82) is 0 Å². The second kappa shape index (κ2) is 7.74. The predicted octanol–water partition coefficient (Wildman–Crippen LogP) is 3.12. The third-order valence-corrected chi connectivity index (χ3v) is 1.64. The number of hydrogen-bond acceptors (Lipinski definition) is 2. The van der Waals surface area contributed by atoms with Crippen LogP contribution in [0, 0.1) is 0 Å². The molecule has 0 atom stereocenters. The van der Waals surface area contributed by atoms with E-state index in [4.69, 9.17) is 0 Å². The summed E-state index contributed by atoms with van der Waals surface area (Å²) in [4.78, 5) is 3.99. The summed E-state index contributed by atoms with van der Waals surface area (Å²) in [6.07, 6.45) is 7.61. The summed E-state index contributed by atoms with van der Waals surface area (Å²) >= 11 is 0. The van der Waals surface area contributed by atoms with Gasteiger partial charge in [-0.1, -0.05) is 6.58 Å². The lowest BCUT2D eigenvalue weighted by Gasteiger charge is -1.98. The van der Waals surface area contributed by atoms with Gasteiger partial charge in [-0.25, -0.2) is 4.39 Å². The van der Waals surface area contributed by atoms with E-state index in [1.54, 1.807) is 19.3 Å². The van der Waals surface area contributed by atoms with Crippen molar-refractivity contribution in [2.45, 2.75) is 13.8 Å². The number of hydrogen-bond donors (Lipinski definition) is 1. The Morgan fingerprint density at radius 2 is 2.07 bits per heavy atom. The van der Waals surface area contributed by atoms with Crippen molar-refractivity contribution in [3.05, 3.63) is 48.6 Å². The van der Waals surface area contributed by atoms with E-state index in [9.17, 15) is 4.39 Å². The second-order valence-electron chi connectivity index (χ2n) is 2.95. The minimum Gasteiger partial charge on any atom is -0.365 e. The van der Waals surface area contributed by atoms with Gasteiger partial charge in [-0.3, -0.25) is 4.99 Å². The van der Waals surface area contributed by atoms with Crippen LogP contribution < -0.4 is 5.32 Å². The van der Waals surface area contributed by atoms with Crippen LogP contribution in [0.4, 0.5) is 4.39 Å². The average Bonchev–Trinajstić information content (AvgIpc) is 2.23. The molecule has 0 saturated heterocycles. The molecule has 0 fully saturated rings. The molecule has 0 unspecified atom stereocenters. The highest BCUT2D eigenvalue weighted by Gasteiger charge is 1.85. The number of allylic oxidation sites excluding steroid dienone is 6. The van der Waals surface area contributed by atoms with Gasteiger partial charge >= 0.3 is 0 Å². The third kappa shape index (κ3) is 7.43. The average molecular weight is 208 g/mol. The number of nitrogens with one attached hydrogen (secondary N) is 1. The zero-order chi connectivity index (χ0) is 11.7. The zero-order valence-corrected chi connectivity index (χ0v) is 9.42. The van der Waals surface area contributed by atoms with E-state index in [1.807, 2.05) is 19.9 Å². The highest BCUT2D eigenvalue weighted by Crippen LogP contribution is 1.96. The molecule has 0 aromatic heterocycles. The lowest BCUT2D eigenvalue weighted by Crippen LogP contribution is -2.02. The Balaban J connectivity index is 4.17. The molecule has 0 aromatic carbocycles. The minimum atomic E-state index is -0.360. The zero-order valence-electron chi connectivity index (χ0n) is 9.42. The van der Waals surface area contributed by atoms with Crippen LogP contribution in [0.1, 0.15) is 13.8 Å². The summed E-state index contributed by atoms with van der Waals surface area (Å²) in [7, 11) is 1.73. The second-order valence-corrected chi connectivity index (χ2v) is 2.95. The molecule has 0 aliphatic rings. The molecule has 0 heterocycles.